The first kappa shape index (κ1) is 9.97. The average molecular weight is 204 g/mol. The molecule has 15 heavy (non-hydrogen) atoms. The van der Waals surface area contributed by atoms with Gasteiger partial charge in [-0.25, -0.2) is 4.39 Å². The average Bonchev–Trinajstić information content (AvgIpc) is 2.14. The third-order valence-electron chi connectivity index (χ3n) is 2.93. The standard InChI is InChI=1S/C12H13FN2/c1-12(3-2-4-12)15-11-6-9(8-14)5-10(13)7-11/h5-7,15H,2-4H2,1H3. The Bertz CT molecular complexity index is 416. The van der Waals surface area contributed by atoms with Crippen molar-refractivity contribution in [3.63, 3.8) is 0 Å². The smallest absolute Gasteiger partial charge is 0.126 e. The zero-order valence-electron chi connectivity index (χ0n) is 8.68. The quantitative estimate of drug-likeness (QED) is 0.803. The molecule has 0 heterocycles. The van der Waals surface area contributed by atoms with Crippen molar-refractivity contribution in [2.75, 3.05) is 5.32 Å². The van der Waals surface area contributed by atoms with Gasteiger partial charge in [-0.3, -0.25) is 0 Å². The lowest BCUT2D eigenvalue weighted by Crippen LogP contribution is -2.41. The number of nitrogens with one attached hydrogen (secondary N) is 1. The van der Waals surface area contributed by atoms with Crippen molar-refractivity contribution in [2.24, 2.45) is 0 Å². The predicted molar refractivity (Wildman–Crippen MR) is 57.0 cm³/mol. The highest BCUT2D eigenvalue weighted by Crippen LogP contribution is 2.34. The molecule has 0 radical (unpaired) electrons. The van der Waals surface area contributed by atoms with Crippen molar-refractivity contribution in [3.05, 3.63) is 29.6 Å². The first-order valence-corrected chi connectivity index (χ1v) is 5.10. The van der Waals surface area contributed by atoms with Gasteiger partial charge in [0.25, 0.3) is 0 Å². The number of hydrogen-bond acceptors (Lipinski definition) is 2. The van der Waals surface area contributed by atoms with Gasteiger partial charge in [-0.1, -0.05) is 0 Å². The van der Waals surface area contributed by atoms with Crippen molar-refractivity contribution >= 4 is 5.69 Å². The molecule has 1 fully saturated rings. The monoisotopic (exact) mass is 204 g/mol. The molecule has 1 aromatic carbocycles. The molecule has 1 aromatic rings. The zero-order chi connectivity index (χ0) is 10.9. The molecule has 0 aromatic heterocycles. The van der Waals surface area contributed by atoms with E-state index in [4.69, 9.17) is 5.26 Å². The number of rotatable bonds is 2. The molecular formula is C12H13FN2. The summed E-state index contributed by atoms with van der Waals surface area (Å²) in [4.78, 5) is 0. The Morgan fingerprint density at radius 1 is 1.40 bits per heavy atom. The summed E-state index contributed by atoms with van der Waals surface area (Å²) in [5, 5.41) is 12.0. The van der Waals surface area contributed by atoms with Gasteiger partial charge in [0.05, 0.1) is 11.6 Å². The van der Waals surface area contributed by atoms with Crippen molar-refractivity contribution < 1.29 is 4.39 Å². The highest BCUT2D eigenvalue weighted by Gasteiger charge is 2.31. The first-order chi connectivity index (χ1) is 7.11. The summed E-state index contributed by atoms with van der Waals surface area (Å²) in [6.45, 7) is 2.12. The van der Waals surface area contributed by atoms with E-state index in [2.05, 4.69) is 12.2 Å². The highest BCUT2D eigenvalue weighted by molar-refractivity contribution is 5.51. The Morgan fingerprint density at radius 2 is 2.13 bits per heavy atom. The Labute approximate surface area is 88.7 Å². The summed E-state index contributed by atoms with van der Waals surface area (Å²) in [7, 11) is 0. The third kappa shape index (κ3) is 2.10. The van der Waals surface area contributed by atoms with E-state index in [1.165, 1.54) is 18.6 Å². The van der Waals surface area contributed by atoms with Crippen LogP contribution in [0.1, 0.15) is 31.7 Å². The molecule has 0 aliphatic heterocycles. The molecule has 0 bridgehead atoms. The number of anilines is 1. The van der Waals surface area contributed by atoms with Crippen molar-refractivity contribution in [1.29, 1.82) is 5.26 Å². The van der Waals surface area contributed by atoms with Crippen LogP contribution in [0.4, 0.5) is 10.1 Å². The van der Waals surface area contributed by atoms with Gasteiger partial charge in [-0.15, -0.1) is 0 Å². The normalized spacial score (nSPS) is 17.7. The van der Waals surface area contributed by atoms with Gasteiger partial charge in [0, 0.05) is 11.2 Å². The van der Waals surface area contributed by atoms with Crippen LogP contribution in [0.5, 0.6) is 0 Å². The van der Waals surface area contributed by atoms with Gasteiger partial charge < -0.3 is 5.32 Å². The van der Waals surface area contributed by atoms with E-state index in [0.29, 0.717) is 11.3 Å². The van der Waals surface area contributed by atoms with Gasteiger partial charge in [0.2, 0.25) is 0 Å². The second-order valence-corrected chi connectivity index (χ2v) is 4.38. The molecule has 1 saturated carbocycles. The molecule has 2 rings (SSSR count). The van der Waals surface area contributed by atoms with Gasteiger partial charge in [-0.05, 0) is 44.4 Å². The molecule has 0 spiro atoms. The summed E-state index contributed by atoms with van der Waals surface area (Å²) >= 11 is 0. The molecule has 2 nitrogen and oxygen atoms in total. The van der Waals surface area contributed by atoms with Crippen LogP contribution in [0, 0.1) is 17.1 Å². The number of halogens is 1. The maximum Gasteiger partial charge on any atom is 0.126 e. The molecule has 0 unspecified atom stereocenters. The summed E-state index contributed by atoms with van der Waals surface area (Å²) in [5.41, 5.74) is 1.15. The van der Waals surface area contributed by atoms with E-state index >= 15 is 0 Å². The zero-order valence-corrected chi connectivity index (χ0v) is 8.68. The Morgan fingerprint density at radius 3 is 2.67 bits per heavy atom. The lowest BCUT2D eigenvalue weighted by atomic mass is 9.78. The minimum absolute atomic E-state index is 0.0838. The van der Waals surface area contributed by atoms with Crippen LogP contribution in [0.25, 0.3) is 0 Å². The summed E-state index contributed by atoms with van der Waals surface area (Å²) in [6, 6.07) is 6.32. The molecule has 78 valence electrons. The SMILES string of the molecule is CC1(Nc2cc(F)cc(C#N)c2)CCC1. The van der Waals surface area contributed by atoms with E-state index in [1.54, 1.807) is 6.07 Å². The molecule has 0 atom stereocenters. The Kier molecular flexibility index (Phi) is 2.36. The second-order valence-electron chi connectivity index (χ2n) is 4.38. The van der Waals surface area contributed by atoms with Crippen molar-refractivity contribution in [2.45, 2.75) is 31.7 Å². The first-order valence-electron chi connectivity index (χ1n) is 5.10. The van der Waals surface area contributed by atoms with Crippen LogP contribution < -0.4 is 5.32 Å². The Balaban J connectivity index is 2.21. The minimum atomic E-state index is -0.362. The van der Waals surface area contributed by atoms with E-state index < -0.39 is 0 Å². The Hall–Kier alpha value is -1.56. The fraction of sp³-hybridized carbons (Fsp3) is 0.417. The third-order valence-corrected chi connectivity index (χ3v) is 2.93. The fourth-order valence-corrected chi connectivity index (χ4v) is 1.91. The van der Waals surface area contributed by atoms with Crippen LogP contribution in [0.2, 0.25) is 0 Å². The summed E-state index contributed by atoms with van der Waals surface area (Å²) in [5.74, 6) is -0.362. The molecule has 1 aliphatic rings. The van der Waals surface area contributed by atoms with Crippen LogP contribution in [0.3, 0.4) is 0 Å². The van der Waals surface area contributed by atoms with E-state index in [-0.39, 0.29) is 11.4 Å². The largest absolute Gasteiger partial charge is 0.380 e. The fourth-order valence-electron chi connectivity index (χ4n) is 1.91. The van der Waals surface area contributed by atoms with E-state index in [1.807, 2.05) is 6.07 Å². The summed E-state index contributed by atoms with van der Waals surface area (Å²) < 4.78 is 13.1. The lowest BCUT2D eigenvalue weighted by molar-refractivity contribution is 0.306. The van der Waals surface area contributed by atoms with Crippen LogP contribution in [-0.4, -0.2) is 5.54 Å². The maximum atomic E-state index is 13.1. The van der Waals surface area contributed by atoms with Crippen LogP contribution in [0.15, 0.2) is 18.2 Å². The summed E-state index contributed by atoms with van der Waals surface area (Å²) in [6.07, 6.45) is 3.42. The molecular weight excluding hydrogens is 191 g/mol. The van der Waals surface area contributed by atoms with Gasteiger partial charge in [0.1, 0.15) is 5.82 Å². The predicted octanol–water partition coefficient (Wildman–Crippen LogP) is 3.05. The molecule has 0 saturated heterocycles. The van der Waals surface area contributed by atoms with E-state index in [9.17, 15) is 4.39 Å². The molecule has 0 amide bonds. The van der Waals surface area contributed by atoms with Crippen LogP contribution >= 0.6 is 0 Å². The lowest BCUT2D eigenvalue weighted by Gasteiger charge is -2.40. The van der Waals surface area contributed by atoms with Crippen molar-refractivity contribution in [1.82, 2.24) is 0 Å². The van der Waals surface area contributed by atoms with Gasteiger partial charge in [0.15, 0.2) is 0 Å². The highest BCUT2D eigenvalue weighted by atomic mass is 19.1. The van der Waals surface area contributed by atoms with Gasteiger partial charge >= 0.3 is 0 Å². The number of nitrogens with zero attached hydrogens (tertiary/aromatic N) is 1. The topological polar surface area (TPSA) is 35.8 Å². The number of nitriles is 1. The number of benzene rings is 1. The molecule has 1 N–H and O–H groups in total. The maximum absolute atomic E-state index is 13.1. The molecule has 3 heteroatoms. The van der Waals surface area contributed by atoms with Crippen LogP contribution in [-0.2, 0) is 0 Å². The second kappa shape index (κ2) is 3.54. The minimum Gasteiger partial charge on any atom is -0.380 e. The number of hydrogen-bond donors (Lipinski definition) is 1. The van der Waals surface area contributed by atoms with Crippen molar-refractivity contribution in [3.8, 4) is 6.07 Å². The molecule has 1 aliphatic carbocycles. The van der Waals surface area contributed by atoms with Gasteiger partial charge in [-0.2, -0.15) is 5.26 Å². The van der Waals surface area contributed by atoms with E-state index in [0.717, 1.165) is 12.8 Å².